The van der Waals surface area contributed by atoms with Crippen LogP contribution in [0.25, 0.3) is 0 Å². The van der Waals surface area contributed by atoms with E-state index >= 15 is 0 Å². The van der Waals surface area contributed by atoms with Gasteiger partial charge in [0.25, 0.3) is 0 Å². The third-order valence-electron chi connectivity index (χ3n) is 3.37. The van der Waals surface area contributed by atoms with Crippen molar-refractivity contribution in [3.05, 3.63) is 23.2 Å². The summed E-state index contributed by atoms with van der Waals surface area (Å²) in [7, 11) is -0.685. The average Bonchev–Trinajstić information content (AvgIpc) is 2.40. The molecule has 1 aromatic heterocycles. The van der Waals surface area contributed by atoms with Crippen LogP contribution < -0.4 is 5.46 Å². The Kier molecular flexibility index (Phi) is 2.96. The van der Waals surface area contributed by atoms with E-state index in [1.807, 2.05) is 27.7 Å². The number of hydrogen-bond donors (Lipinski definition) is 0. The smallest absolute Gasteiger partial charge is 0.399 e. The quantitative estimate of drug-likeness (QED) is 0.723. The summed E-state index contributed by atoms with van der Waals surface area (Å²) in [5.41, 5.74) is -0.536. The van der Waals surface area contributed by atoms with E-state index in [0.717, 1.165) is 6.20 Å². The van der Waals surface area contributed by atoms with Gasteiger partial charge in [0.05, 0.1) is 22.4 Å². The van der Waals surface area contributed by atoms with Gasteiger partial charge in [0.1, 0.15) is 0 Å². The van der Waals surface area contributed by atoms with E-state index in [2.05, 4.69) is 4.98 Å². The largest absolute Gasteiger partial charge is 0.498 e. The summed E-state index contributed by atoms with van der Waals surface area (Å²) in [6.45, 7) is 7.70. The van der Waals surface area contributed by atoms with Crippen molar-refractivity contribution < 1.29 is 13.7 Å². The second kappa shape index (κ2) is 3.94. The van der Waals surface area contributed by atoms with Gasteiger partial charge in [-0.25, -0.2) is 4.39 Å². The lowest BCUT2D eigenvalue weighted by Crippen LogP contribution is -2.41. The molecule has 1 fully saturated rings. The molecule has 0 radical (unpaired) electrons. The molecule has 6 heteroatoms. The van der Waals surface area contributed by atoms with Gasteiger partial charge in [0, 0.05) is 11.7 Å². The van der Waals surface area contributed by atoms with Gasteiger partial charge in [0.2, 0.25) is 0 Å². The van der Waals surface area contributed by atoms with Gasteiger partial charge in [-0.15, -0.1) is 0 Å². The molecule has 0 unspecified atom stereocenters. The van der Waals surface area contributed by atoms with Crippen LogP contribution in [0.2, 0.25) is 5.02 Å². The highest BCUT2D eigenvalue weighted by Gasteiger charge is 2.52. The van der Waals surface area contributed by atoms with Crippen LogP contribution in [0, 0.1) is 5.82 Å². The molecule has 1 aliphatic rings. The van der Waals surface area contributed by atoms with Crippen LogP contribution >= 0.6 is 11.6 Å². The summed E-state index contributed by atoms with van der Waals surface area (Å²) >= 11 is 5.88. The zero-order valence-electron chi connectivity index (χ0n) is 10.3. The predicted molar refractivity (Wildman–Crippen MR) is 64.9 cm³/mol. The lowest BCUT2D eigenvalue weighted by atomic mass is 9.80. The number of rotatable bonds is 1. The maximum Gasteiger partial charge on any atom is 0.498 e. The zero-order valence-corrected chi connectivity index (χ0v) is 11.0. The van der Waals surface area contributed by atoms with Crippen molar-refractivity contribution >= 4 is 24.2 Å². The molecule has 1 aliphatic heterocycles. The van der Waals surface area contributed by atoms with E-state index in [9.17, 15) is 4.39 Å². The Morgan fingerprint density at radius 3 is 2.24 bits per heavy atom. The first-order valence-corrected chi connectivity index (χ1v) is 5.77. The highest BCUT2D eigenvalue weighted by molar-refractivity contribution is 6.65. The van der Waals surface area contributed by atoms with Crippen LogP contribution in [0.1, 0.15) is 27.7 Å². The molecule has 92 valence electrons. The van der Waals surface area contributed by atoms with Crippen molar-refractivity contribution in [3.8, 4) is 0 Å². The van der Waals surface area contributed by atoms with Gasteiger partial charge in [-0.3, -0.25) is 4.98 Å². The molecular weight excluding hydrogens is 243 g/mol. The number of nitrogens with zero attached hydrogens (tertiary/aromatic N) is 1. The highest BCUT2D eigenvalue weighted by Crippen LogP contribution is 2.36. The van der Waals surface area contributed by atoms with Crippen molar-refractivity contribution in [2.24, 2.45) is 0 Å². The minimum Gasteiger partial charge on any atom is -0.399 e. The first kappa shape index (κ1) is 12.8. The summed E-state index contributed by atoms with van der Waals surface area (Å²) in [6.07, 6.45) is 2.53. The lowest BCUT2D eigenvalue weighted by molar-refractivity contribution is 0.00578. The number of hydrogen-bond acceptors (Lipinski definition) is 3. The molecule has 0 amide bonds. The number of aromatic nitrogens is 1. The van der Waals surface area contributed by atoms with Crippen molar-refractivity contribution in [1.29, 1.82) is 0 Å². The highest BCUT2D eigenvalue weighted by atomic mass is 35.5. The maximum absolute atomic E-state index is 13.3. The second-order valence-electron chi connectivity index (χ2n) is 5.11. The van der Waals surface area contributed by atoms with Gasteiger partial charge in [-0.1, -0.05) is 11.6 Å². The van der Waals surface area contributed by atoms with Gasteiger partial charge in [0.15, 0.2) is 5.82 Å². The summed E-state index contributed by atoms with van der Waals surface area (Å²) in [6, 6.07) is 0. The molecule has 0 aliphatic carbocycles. The molecule has 0 bridgehead atoms. The Morgan fingerprint density at radius 1 is 1.18 bits per heavy atom. The third kappa shape index (κ3) is 2.07. The predicted octanol–water partition coefficient (Wildman–Crippen LogP) is 2.17. The minimum absolute atomic E-state index is 0.00139. The topological polar surface area (TPSA) is 31.4 Å². The minimum atomic E-state index is -0.685. The van der Waals surface area contributed by atoms with Crippen LogP contribution in [0.4, 0.5) is 4.39 Å². The van der Waals surface area contributed by atoms with E-state index in [1.54, 1.807) is 0 Å². The number of pyridine rings is 1. The van der Waals surface area contributed by atoms with Crippen molar-refractivity contribution in [2.75, 3.05) is 0 Å². The van der Waals surface area contributed by atoms with Crippen molar-refractivity contribution in [1.82, 2.24) is 4.98 Å². The molecule has 0 aromatic carbocycles. The van der Waals surface area contributed by atoms with Crippen molar-refractivity contribution in [3.63, 3.8) is 0 Å². The maximum atomic E-state index is 13.3. The first-order chi connectivity index (χ1) is 7.74. The third-order valence-corrected chi connectivity index (χ3v) is 3.77. The number of halogens is 2. The van der Waals surface area contributed by atoms with Gasteiger partial charge < -0.3 is 9.31 Å². The van der Waals surface area contributed by atoms with Gasteiger partial charge in [-0.05, 0) is 27.7 Å². The Bertz CT molecular complexity index is 437. The van der Waals surface area contributed by atoms with Crippen LogP contribution in [0.3, 0.4) is 0 Å². The van der Waals surface area contributed by atoms with E-state index in [1.165, 1.54) is 6.20 Å². The molecule has 17 heavy (non-hydrogen) atoms. The van der Waals surface area contributed by atoms with E-state index in [0.29, 0.717) is 5.46 Å². The van der Waals surface area contributed by atoms with E-state index in [4.69, 9.17) is 20.9 Å². The van der Waals surface area contributed by atoms with Gasteiger partial charge >= 0.3 is 7.12 Å². The summed E-state index contributed by atoms with van der Waals surface area (Å²) in [4.78, 5) is 3.77. The van der Waals surface area contributed by atoms with Crippen LogP contribution in [0.15, 0.2) is 12.4 Å². The van der Waals surface area contributed by atoms with Crippen molar-refractivity contribution in [2.45, 2.75) is 38.9 Å². The monoisotopic (exact) mass is 257 g/mol. The molecule has 3 nitrogen and oxygen atoms in total. The molecule has 1 saturated heterocycles. The lowest BCUT2D eigenvalue weighted by Gasteiger charge is -2.32. The standard InChI is InChI=1S/C11H14BClFNO2/c1-10(2)11(3,4)17-12(16-10)7-5-15-6-8(14)9(7)13/h5-6H,1-4H3. The fraction of sp³-hybridized carbons (Fsp3) is 0.545. The molecule has 2 heterocycles. The molecule has 2 rings (SSSR count). The Morgan fingerprint density at radius 2 is 1.71 bits per heavy atom. The SMILES string of the molecule is CC1(C)OB(c2cncc(F)c2Cl)OC1(C)C. The van der Waals surface area contributed by atoms with E-state index in [-0.39, 0.29) is 5.02 Å². The Balaban J connectivity index is 2.36. The molecular formula is C11H14BClFNO2. The Labute approximate surface area is 105 Å². The second-order valence-corrected chi connectivity index (χ2v) is 5.49. The molecule has 0 saturated carbocycles. The van der Waals surface area contributed by atoms with Crippen LogP contribution in [-0.2, 0) is 9.31 Å². The molecule has 1 aromatic rings. The summed E-state index contributed by atoms with van der Waals surface area (Å²) in [5, 5.41) is -0.00139. The molecule has 0 atom stereocenters. The summed E-state index contributed by atoms with van der Waals surface area (Å²) in [5.74, 6) is -0.570. The fourth-order valence-corrected chi connectivity index (χ4v) is 1.76. The average molecular weight is 258 g/mol. The Hall–Kier alpha value is -0.645. The normalized spacial score (nSPS) is 21.9. The first-order valence-electron chi connectivity index (χ1n) is 5.39. The van der Waals surface area contributed by atoms with E-state index < -0.39 is 24.1 Å². The fourth-order valence-electron chi connectivity index (χ4n) is 1.57. The van der Waals surface area contributed by atoms with Crippen LogP contribution in [0.5, 0.6) is 0 Å². The van der Waals surface area contributed by atoms with Crippen LogP contribution in [-0.4, -0.2) is 23.3 Å². The summed E-state index contributed by atoms with van der Waals surface area (Å²) < 4.78 is 24.9. The molecule has 0 N–H and O–H groups in total. The zero-order chi connectivity index (χ0) is 12.8. The molecule has 0 spiro atoms. The van der Waals surface area contributed by atoms with Gasteiger partial charge in [-0.2, -0.15) is 0 Å².